The van der Waals surface area contributed by atoms with Gasteiger partial charge in [-0.15, -0.1) is 0 Å². The Hall–Kier alpha value is -2.45. The van der Waals surface area contributed by atoms with E-state index in [0.29, 0.717) is 38.6 Å². The predicted octanol–water partition coefficient (Wildman–Crippen LogP) is 1.96. The van der Waals surface area contributed by atoms with Crippen molar-refractivity contribution >= 4 is 29.3 Å². The lowest BCUT2D eigenvalue weighted by Gasteiger charge is -2.32. The summed E-state index contributed by atoms with van der Waals surface area (Å²) in [5.41, 5.74) is 9.72. The molecule has 3 atom stereocenters. The molecular formula is C24H43N5O4. The molecular weight excluding hydrogens is 422 g/mol. The Kier molecular flexibility index (Phi) is 12.1. The van der Waals surface area contributed by atoms with Crippen molar-refractivity contribution in [3.8, 4) is 0 Å². The molecule has 0 aliphatic carbocycles. The third-order valence-electron chi connectivity index (χ3n) is 6.31. The van der Waals surface area contributed by atoms with Gasteiger partial charge in [0.2, 0.25) is 11.8 Å². The number of Topliss-reactive ketones (excluding diaryl/α,β-unsaturated/α-hetero) is 2. The summed E-state index contributed by atoms with van der Waals surface area (Å²) >= 11 is 0. The Labute approximate surface area is 197 Å². The number of hydrogen-bond donors (Lipinski definition) is 4. The fourth-order valence-electron chi connectivity index (χ4n) is 4.01. The zero-order valence-corrected chi connectivity index (χ0v) is 20.7. The van der Waals surface area contributed by atoms with E-state index in [1.807, 2.05) is 6.92 Å². The minimum absolute atomic E-state index is 0.0207. The van der Waals surface area contributed by atoms with Crippen LogP contribution in [0, 0.1) is 11.8 Å². The van der Waals surface area contributed by atoms with Crippen LogP contribution in [0.3, 0.4) is 0 Å². The molecule has 0 radical (unpaired) electrons. The van der Waals surface area contributed by atoms with Crippen molar-refractivity contribution in [2.24, 2.45) is 28.3 Å². The standard InChI is InChI=1S/C24H43N5O4/c1-5-18-19(30)12-8-6-7-9-13-24(4,29-21(32)16(2)3)20(31)15-17(22(33)28-18)11-10-14-27-23(25)26/h16-18H,5-15H2,1-4H3,(H,28,33)(H,29,32)(H4,25,26,27)/t17-,18+,24+/m1/s1. The van der Waals surface area contributed by atoms with Gasteiger partial charge in [0.1, 0.15) is 0 Å². The average molecular weight is 466 g/mol. The van der Waals surface area contributed by atoms with E-state index in [1.165, 1.54) is 0 Å². The molecule has 9 nitrogen and oxygen atoms in total. The van der Waals surface area contributed by atoms with Crippen LogP contribution in [0.5, 0.6) is 0 Å². The molecule has 1 aliphatic rings. The average Bonchev–Trinajstić information content (AvgIpc) is 2.74. The number of guanidine groups is 1. The van der Waals surface area contributed by atoms with Gasteiger partial charge in [-0.25, -0.2) is 0 Å². The summed E-state index contributed by atoms with van der Waals surface area (Å²) in [6, 6.07) is -0.553. The number of carbonyl (C=O) groups is 4. The van der Waals surface area contributed by atoms with Crippen molar-refractivity contribution in [2.45, 2.75) is 103 Å². The minimum atomic E-state index is -1.04. The number of nitrogens with one attached hydrogen (secondary N) is 2. The predicted molar refractivity (Wildman–Crippen MR) is 129 cm³/mol. The van der Waals surface area contributed by atoms with Crippen molar-refractivity contribution in [3.05, 3.63) is 0 Å². The van der Waals surface area contributed by atoms with Crippen LogP contribution in [0.15, 0.2) is 4.99 Å². The number of hydrogen-bond acceptors (Lipinski definition) is 5. The molecule has 0 aromatic rings. The van der Waals surface area contributed by atoms with Crippen LogP contribution in [0.2, 0.25) is 0 Å². The zero-order chi connectivity index (χ0) is 25.0. The maximum Gasteiger partial charge on any atom is 0.224 e. The van der Waals surface area contributed by atoms with Gasteiger partial charge in [0, 0.05) is 31.2 Å². The number of amides is 2. The van der Waals surface area contributed by atoms with E-state index >= 15 is 0 Å². The van der Waals surface area contributed by atoms with E-state index in [2.05, 4.69) is 15.6 Å². The number of aliphatic imine (C=N–C) groups is 1. The largest absolute Gasteiger partial charge is 0.370 e. The number of ketones is 2. The van der Waals surface area contributed by atoms with E-state index in [1.54, 1.807) is 20.8 Å². The van der Waals surface area contributed by atoms with Crippen LogP contribution < -0.4 is 22.1 Å². The molecule has 0 aromatic heterocycles. The molecule has 0 spiro atoms. The van der Waals surface area contributed by atoms with Crippen LogP contribution >= 0.6 is 0 Å². The minimum Gasteiger partial charge on any atom is -0.370 e. The summed E-state index contributed by atoms with van der Waals surface area (Å²) in [6.45, 7) is 7.54. The van der Waals surface area contributed by atoms with Crippen molar-refractivity contribution in [3.63, 3.8) is 0 Å². The zero-order valence-electron chi connectivity index (χ0n) is 20.7. The monoisotopic (exact) mass is 465 g/mol. The van der Waals surface area contributed by atoms with Gasteiger partial charge in [-0.3, -0.25) is 24.2 Å². The quantitative estimate of drug-likeness (QED) is 0.256. The molecule has 188 valence electrons. The van der Waals surface area contributed by atoms with E-state index in [0.717, 1.165) is 25.7 Å². The van der Waals surface area contributed by atoms with Gasteiger partial charge in [0.05, 0.1) is 11.6 Å². The van der Waals surface area contributed by atoms with Crippen LogP contribution in [-0.4, -0.2) is 47.5 Å². The number of nitrogens with two attached hydrogens (primary N) is 2. The second-order valence-corrected chi connectivity index (χ2v) is 9.60. The SMILES string of the molecule is CC[C@@H]1NC(=O)[C@H](CCCN=C(N)N)CC(=O)[C@@](C)(NC(=O)C(C)C)CCCCCCC1=O. The summed E-state index contributed by atoms with van der Waals surface area (Å²) in [7, 11) is 0. The van der Waals surface area contributed by atoms with Crippen LogP contribution in [-0.2, 0) is 19.2 Å². The van der Waals surface area contributed by atoms with E-state index in [9.17, 15) is 19.2 Å². The van der Waals surface area contributed by atoms with Gasteiger partial charge in [-0.05, 0) is 39.0 Å². The van der Waals surface area contributed by atoms with Crippen LogP contribution in [0.25, 0.3) is 0 Å². The van der Waals surface area contributed by atoms with Crippen molar-refractivity contribution in [2.75, 3.05) is 6.54 Å². The fraction of sp³-hybridized carbons (Fsp3) is 0.792. The van der Waals surface area contributed by atoms with Gasteiger partial charge in [0.25, 0.3) is 0 Å². The molecule has 1 rings (SSSR count). The highest BCUT2D eigenvalue weighted by atomic mass is 16.2. The van der Waals surface area contributed by atoms with Crippen molar-refractivity contribution < 1.29 is 19.2 Å². The molecule has 1 heterocycles. The molecule has 1 aliphatic heterocycles. The highest BCUT2D eigenvalue weighted by molar-refractivity contribution is 5.96. The Morgan fingerprint density at radius 3 is 2.45 bits per heavy atom. The van der Waals surface area contributed by atoms with Crippen LogP contribution in [0.4, 0.5) is 0 Å². The second kappa shape index (κ2) is 14.0. The summed E-state index contributed by atoms with van der Waals surface area (Å²) in [5, 5.41) is 5.80. The number of rotatable bonds is 7. The Balaban J connectivity index is 3.15. The third-order valence-corrected chi connectivity index (χ3v) is 6.31. The Morgan fingerprint density at radius 1 is 1.18 bits per heavy atom. The first-order valence-electron chi connectivity index (χ1n) is 12.2. The first kappa shape index (κ1) is 28.6. The van der Waals surface area contributed by atoms with Gasteiger partial charge in [-0.2, -0.15) is 0 Å². The highest BCUT2D eigenvalue weighted by Crippen LogP contribution is 2.24. The lowest BCUT2D eigenvalue weighted by Crippen LogP contribution is -2.54. The molecule has 9 heteroatoms. The molecule has 6 N–H and O–H groups in total. The molecule has 0 saturated carbocycles. The maximum absolute atomic E-state index is 13.4. The highest BCUT2D eigenvalue weighted by Gasteiger charge is 2.37. The lowest BCUT2D eigenvalue weighted by atomic mass is 9.82. The Morgan fingerprint density at radius 2 is 1.85 bits per heavy atom. The summed E-state index contributed by atoms with van der Waals surface area (Å²) in [6.07, 6.45) is 5.56. The van der Waals surface area contributed by atoms with E-state index in [-0.39, 0.29) is 41.7 Å². The van der Waals surface area contributed by atoms with Gasteiger partial charge < -0.3 is 22.1 Å². The second-order valence-electron chi connectivity index (χ2n) is 9.60. The van der Waals surface area contributed by atoms with Gasteiger partial charge in [-0.1, -0.05) is 40.0 Å². The maximum atomic E-state index is 13.4. The summed E-state index contributed by atoms with van der Waals surface area (Å²) < 4.78 is 0. The van der Waals surface area contributed by atoms with Crippen LogP contribution in [0.1, 0.15) is 91.9 Å². The first-order valence-corrected chi connectivity index (χ1v) is 12.2. The topological polar surface area (TPSA) is 157 Å². The lowest BCUT2D eigenvalue weighted by molar-refractivity contribution is -0.137. The van der Waals surface area contributed by atoms with E-state index in [4.69, 9.17) is 11.5 Å². The molecule has 0 bridgehead atoms. The number of nitrogens with zero attached hydrogens (tertiary/aromatic N) is 1. The smallest absolute Gasteiger partial charge is 0.224 e. The molecule has 0 unspecified atom stereocenters. The normalized spacial score (nSPS) is 25.8. The molecule has 1 saturated heterocycles. The summed E-state index contributed by atoms with van der Waals surface area (Å²) in [5.74, 6) is -1.55. The van der Waals surface area contributed by atoms with Crippen molar-refractivity contribution in [1.82, 2.24) is 10.6 Å². The molecule has 33 heavy (non-hydrogen) atoms. The van der Waals surface area contributed by atoms with Crippen molar-refractivity contribution in [1.29, 1.82) is 0 Å². The van der Waals surface area contributed by atoms with Gasteiger partial charge in [0.15, 0.2) is 17.5 Å². The summed E-state index contributed by atoms with van der Waals surface area (Å²) in [4.78, 5) is 55.6. The molecule has 1 fully saturated rings. The Bertz CT molecular complexity index is 718. The molecule has 0 aromatic carbocycles. The third kappa shape index (κ3) is 9.92. The first-order chi connectivity index (χ1) is 15.5. The van der Waals surface area contributed by atoms with E-state index < -0.39 is 17.5 Å². The van der Waals surface area contributed by atoms with Gasteiger partial charge >= 0.3 is 0 Å². The fourth-order valence-corrected chi connectivity index (χ4v) is 4.01. The number of carbonyl (C=O) groups excluding carboxylic acids is 4. The molecule has 2 amide bonds.